The molecular formula is C17H24N4O4. The highest BCUT2D eigenvalue weighted by molar-refractivity contribution is 5.77. The number of piperidine rings is 1. The molecule has 1 aromatic rings. The molecule has 25 heavy (non-hydrogen) atoms. The Morgan fingerprint density at radius 3 is 2.72 bits per heavy atom. The Morgan fingerprint density at radius 1 is 1.32 bits per heavy atom. The first-order valence-electron chi connectivity index (χ1n) is 8.58. The lowest BCUT2D eigenvalue weighted by molar-refractivity contribution is -0.136. The van der Waals surface area contributed by atoms with Crippen molar-refractivity contribution in [2.45, 2.75) is 45.1 Å². The van der Waals surface area contributed by atoms with Crippen molar-refractivity contribution in [1.82, 2.24) is 19.8 Å². The Hall–Kier alpha value is -2.38. The molecule has 1 atom stereocenters. The van der Waals surface area contributed by atoms with Gasteiger partial charge >= 0.3 is 11.8 Å². The number of nitrogens with zero attached hydrogens (tertiary/aromatic N) is 3. The largest absolute Gasteiger partial charge is 0.439 e. The summed E-state index contributed by atoms with van der Waals surface area (Å²) < 4.78 is 5.54. The van der Waals surface area contributed by atoms with Crippen LogP contribution in [0, 0.1) is 13.8 Å². The van der Waals surface area contributed by atoms with Crippen LogP contribution in [0.15, 0.2) is 4.79 Å². The van der Waals surface area contributed by atoms with Gasteiger partial charge in [-0.1, -0.05) is 0 Å². The molecule has 8 heteroatoms. The van der Waals surface area contributed by atoms with Crippen LogP contribution in [0.3, 0.4) is 0 Å². The summed E-state index contributed by atoms with van der Waals surface area (Å²) in [5.74, 6) is 0.0367. The maximum absolute atomic E-state index is 12.6. The van der Waals surface area contributed by atoms with Gasteiger partial charge in [-0.3, -0.25) is 4.79 Å². The molecule has 1 N–H and O–H groups in total. The molecule has 2 aliphatic rings. The van der Waals surface area contributed by atoms with Crippen LogP contribution in [0.25, 0.3) is 0 Å². The summed E-state index contributed by atoms with van der Waals surface area (Å²) in [6, 6.07) is 0. The molecule has 0 unspecified atom stereocenters. The van der Waals surface area contributed by atoms with E-state index in [0.29, 0.717) is 38.2 Å². The fourth-order valence-corrected chi connectivity index (χ4v) is 3.83. The number of rotatable bonds is 3. The number of H-pyrrole nitrogens is 1. The third kappa shape index (κ3) is 3.52. The van der Waals surface area contributed by atoms with E-state index < -0.39 is 5.60 Å². The third-order valence-electron chi connectivity index (χ3n) is 5.07. The quantitative estimate of drug-likeness (QED) is 0.870. The van der Waals surface area contributed by atoms with Crippen molar-refractivity contribution in [2.75, 3.05) is 26.7 Å². The third-order valence-corrected chi connectivity index (χ3v) is 5.07. The molecule has 136 valence electrons. The molecular weight excluding hydrogens is 324 g/mol. The Morgan fingerprint density at radius 2 is 2.08 bits per heavy atom. The SMILES string of the molecule is Cc1nc(=O)[nH]c(C)c1CCC(=O)N1CCC[C@@]2(CN(C)C(=O)O2)C1. The minimum absolute atomic E-state index is 0.0367. The zero-order valence-corrected chi connectivity index (χ0v) is 14.9. The van der Waals surface area contributed by atoms with Crippen LogP contribution >= 0.6 is 0 Å². The van der Waals surface area contributed by atoms with Crippen molar-refractivity contribution in [3.05, 3.63) is 27.4 Å². The highest BCUT2D eigenvalue weighted by Crippen LogP contribution is 2.31. The fourth-order valence-electron chi connectivity index (χ4n) is 3.83. The summed E-state index contributed by atoms with van der Waals surface area (Å²) in [6.07, 6.45) is 2.17. The van der Waals surface area contributed by atoms with Gasteiger partial charge in [0.2, 0.25) is 5.91 Å². The number of ether oxygens (including phenoxy) is 1. The number of nitrogens with one attached hydrogen (secondary N) is 1. The average molecular weight is 348 g/mol. The first-order valence-corrected chi connectivity index (χ1v) is 8.58. The van der Waals surface area contributed by atoms with Gasteiger partial charge < -0.3 is 19.5 Å². The van der Waals surface area contributed by atoms with Crippen molar-refractivity contribution < 1.29 is 14.3 Å². The number of carbonyl (C=O) groups is 2. The molecule has 2 aliphatic heterocycles. The van der Waals surface area contributed by atoms with Gasteiger partial charge in [0, 0.05) is 31.4 Å². The molecule has 0 radical (unpaired) electrons. The second kappa shape index (κ2) is 6.50. The highest BCUT2D eigenvalue weighted by Gasteiger charge is 2.47. The Bertz CT molecular complexity index is 733. The fraction of sp³-hybridized carbons (Fsp3) is 0.647. The van der Waals surface area contributed by atoms with Gasteiger partial charge in [0.15, 0.2) is 0 Å². The lowest BCUT2D eigenvalue weighted by Gasteiger charge is -2.38. The van der Waals surface area contributed by atoms with E-state index in [9.17, 15) is 14.4 Å². The van der Waals surface area contributed by atoms with Crippen LogP contribution in [0.4, 0.5) is 4.79 Å². The molecule has 8 nitrogen and oxygen atoms in total. The Balaban J connectivity index is 1.64. The first kappa shape index (κ1) is 17.4. The molecule has 2 saturated heterocycles. The van der Waals surface area contributed by atoms with E-state index in [1.165, 1.54) is 0 Å². The van der Waals surface area contributed by atoms with Crippen LogP contribution in [-0.2, 0) is 16.0 Å². The molecule has 0 aromatic carbocycles. The van der Waals surface area contributed by atoms with Crippen molar-refractivity contribution in [3.8, 4) is 0 Å². The van der Waals surface area contributed by atoms with Crippen molar-refractivity contribution in [1.29, 1.82) is 0 Å². The number of likely N-dealkylation sites (N-methyl/N-ethyl adjacent to an activating group) is 1. The van der Waals surface area contributed by atoms with E-state index >= 15 is 0 Å². The summed E-state index contributed by atoms with van der Waals surface area (Å²) >= 11 is 0. The van der Waals surface area contributed by atoms with E-state index in [0.717, 1.165) is 24.1 Å². The Labute approximate surface area is 146 Å². The summed E-state index contributed by atoms with van der Waals surface area (Å²) in [5, 5.41) is 0. The van der Waals surface area contributed by atoms with E-state index in [1.807, 2.05) is 6.92 Å². The number of aromatic nitrogens is 2. The predicted molar refractivity (Wildman–Crippen MR) is 90.3 cm³/mol. The minimum atomic E-state index is -0.564. The monoisotopic (exact) mass is 348 g/mol. The lowest BCUT2D eigenvalue weighted by Crippen LogP contribution is -2.52. The molecule has 3 heterocycles. The molecule has 0 aliphatic carbocycles. The molecule has 1 spiro atoms. The summed E-state index contributed by atoms with van der Waals surface area (Å²) in [4.78, 5) is 45.6. The van der Waals surface area contributed by atoms with Gasteiger partial charge in [-0.25, -0.2) is 9.59 Å². The number of hydrogen-bond acceptors (Lipinski definition) is 5. The van der Waals surface area contributed by atoms with Crippen LogP contribution in [-0.4, -0.2) is 64.1 Å². The standard InChI is InChI=1S/C17H24N4O4/c1-11-13(12(2)19-15(23)18-11)5-6-14(22)21-8-4-7-17(10-21)9-20(3)16(24)25-17/h4-10H2,1-3H3,(H,18,19,23)/t17-/m1/s1. The molecule has 2 fully saturated rings. The smallest absolute Gasteiger partial charge is 0.410 e. The zero-order valence-electron chi connectivity index (χ0n) is 14.9. The van der Waals surface area contributed by atoms with Crippen LogP contribution in [0.1, 0.15) is 36.2 Å². The van der Waals surface area contributed by atoms with Crippen molar-refractivity contribution in [3.63, 3.8) is 0 Å². The Kier molecular flexibility index (Phi) is 4.53. The topological polar surface area (TPSA) is 95.6 Å². The molecule has 0 saturated carbocycles. The molecule has 2 amide bonds. The van der Waals surface area contributed by atoms with Crippen LogP contribution in [0.5, 0.6) is 0 Å². The van der Waals surface area contributed by atoms with Crippen molar-refractivity contribution in [2.24, 2.45) is 0 Å². The number of amides is 2. The lowest BCUT2D eigenvalue weighted by atomic mass is 9.92. The second-order valence-corrected chi connectivity index (χ2v) is 7.06. The van der Waals surface area contributed by atoms with E-state index in [4.69, 9.17) is 4.74 Å². The number of hydrogen-bond donors (Lipinski definition) is 1. The maximum Gasteiger partial charge on any atom is 0.410 e. The van der Waals surface area contributed by atoms with E-state index in [1.54, 1.807) is 23.8 Å². The minimum Gasteiger partial charge on any atom is -0.439 e. The van der Waals surface area contributed by atoms with Crippen molar-refractivity contribution >= 4 is 12.0 Å². The van der Waals surface area contributed by atoms with Gasteiger partial charge in [-0.05, 0) is 38.7 Å². The van der Waals surface area contributed by atoms with Crippen LogP contribution in [0.2, 0.25) is 0 Å². The average Bonchev–Trinajstić information content (AvgIpc) is 2.79. The van der Waals surface area contributed by atoms with Gasteiger partial charge in [0.05, 0.1) is 13.1 Å². The second-order valence-electron chi connectivity index (χ2n) is 7.06. The molecule has 3 rings (SSSR count). The zero-order chi connectivity index (χ0) is 18.2. The van der Waals surface area contributed by atoms with Gasteiger partial charge in [-0.15, -0.1) is 0 Å². The summed E-state index contributed by atoms with van der Waals surface area (Å²) in [7, 11) is 1.71. The number of carbonyl (C=O) groups excluding carboxylic acids is 2. The molecule has 1 aromatic heterocycles. The molecule has 0 bridgehead atoms. The van der Waals surface area contributed by atoms with E-state index in [-0.39, 0.29) is 17.7 Å². The summed E-state index contributed by atoms with van der Waals surface area (Å²) in [5.41, 5.74) is 1.40. The number of aromatic amines is 1. The highest BCUT2D eigenvalue weighted by atomic mass is 16.6. The van der Waals surface area contributed by atoms with Crippen LogP contribution < -0.4 is 5.69 Å². The predicted octanol–water partition coefficient (Wildman–Crippen LogP) is 0.763. The maximum atomic E-state index is 12.6. The van der Waals surface area contributed by atoms with Gasteiger partial charge in [0.25, 0.3) is 0 Å². The number of likely N-dealkylation sites (tertiary alicyclic amines) is 1. The number of aryl methyl sites for hydroxylation is 2. The first-order chi connectivity index (χ1) is 11.8. The van der Waals surface area contributed by atoms with Gasteiger partial charge in [0.1, 0.15) is 5.60 Å². The normalized spacial score (nSPS) is 23.2. The van der Waals surface area contributed by atoms with Gasteiger partial charge in [-0.2, -0.15) is 4.98 Å². The summed E-state index contributed by atoms with van der Waals surface area (Å²) in [6.45, 7) is 5.26. The van der Waals surface area contributed by atoms with E-state index in [2.05, 4.69) is 9.97 Å².